The molecule has 1 aromatic carbocycles. The van der Waals surface area contributed by atoms with E-state index in [2.05, 4.69) is 5.32 Å². The van der Waals surface area contributed by atoms with E-state index >= 15 is 0 Å². The van der Waals surface area contributed by atoms with E-state index in [-0.39, 0.29) is 5.78 Å². The molecule has 20 heavy (non-hydrogen) atoms. The van der Waals surface area contributed by atoms with E-state index in [0.29, 0.717) is 12.6 Å². The van der Waals surface area contributed by atoms with Crippen LogP contribution in [-0.4, -0.2) is 30.0 Å². The van der Waals surface area contributed by atoms with Gasteiger partial charge in [-0.15, -0.1) is 0 Å². The molecule has 0 radical (unpaired) electrons. The van der Waals surface area contributed by atoms with Crippen LogP contribution in [0, 0.1) is 6.92 Å². The van der Waals surface area contributed by atoms with Crippen LogP contribution >= 0.6 is 0 Å². The summed E-state index contributed by atoms with van der Waals surface area (Å²) in [6.07, 6.45) is 1.89. The summed E-state index contributed by atoms with van der Waals surface area (Å²) in [5.74, 6) is 0.907. The normalized spacial score (nSPS) is 11.3. The second-order valence-corrected chi connectivity index (χ2v) is 5.42. The lowest BCUT2D eigenvalue weighted by Gasteiger charge is -2.08. The number of carbonyl (C=O) groups excluding carboxylic acids is 1. The number of hydrogen-bond donors (Lipinski definition) is 1. The van der Waals surface area contributed by atoms with Gasteiger partial charge in [0.15, 0.2) is 5.78 Å². The molecule has 0 aliphatic heterocycles. The highest BCUT2D eigenvalue weighted by atomic mass is 16.5. The van der Waals surface area contributed by atoms with Gasteiger partial charge in [0.1, 0.15) is 5.75 Å². The van der Waals surface area contributed by atoms with Crippen molar-refractivity contribution in [1.29, 1.82) is 0 Å². The summed E-state index contributed by atoms with van der Waals surface area (Å²) in [5.41, 5.74) is 2.82. The molecule has 0 amide bonds. The molecule has 108 valence electrons. The Labute approximate surface area is 119 Å². The van der Waals surface area contributed by atoms with Crippen molar-refractivity contribution in [2.45, 2.75) is 26.8 Å². The fourth-order valence-corrected chi connectivity index (χ4v) is 2.45. The zero-order chi connectivity index (χ0) is 14.9. The first-order valence-corrected chi connectivity index (χ1v) is 6.85. The zero-order valence-electron chi connectivity index (χ0n) is 12.8. The second kappa shape index (κ2) is 5.67. The van der Waals surface area contributed by atoms with Crippen LogP contribution < -0.4 is 10.1 Å². The van der Waals surface area contributed by atoms with Gasteiger partial charge in [0, 0.05) is 30.2 Å². The lowest BCUT2D eigenvalue weighted by atomic mass is 10.0. The number of ketones is 1. The Balaban J connectivity index is 2.52. The number of ether oxygens (including phenoxy) is 1. The molecule has 0 atom stereocenters. The predicted octanol–water partition coefficient (Wildman–Crippen LogP) is 2.68. The number of nitrogens with zero attached hydrogens (tertiary/aromatic N) is 1. The number of rotatable bonds is 5. The van der Waals surface area contributed by atoms with Gasteiger partial charge in [0.05, 0.1) is 19.2 Å². The third kappa shape index (κ3) is 2.56. The van der Waals surface area contributed by atoms with Gasteiger partial charge < -0.3 is 14.6 Å². The van der Waals surface area contributed by atoms with Crippen LogP contribution in [0.15, 0.2) is 18.3 Å². The van der Waals surface area contributed by atoms with Crippen LogP contribution in [0.5, 0.6) is 5.75 Å². The Hall–Kier alpha value is -1.81. The molecule has 0 fully saturated rings. The summed E-state index contributed by atoms with van der Waals surface area (Å²) in [6.45, 7) is 6.44. The molecular formula is C16H22N2O2. The van der Waals surface area contributed by atoms with Crippen molar-refractivity contribution in [1.82, 2.24) is 9.88 Å². The van der Waals surface area contributed by atoms with Crippen LogP contribution in [0.2, 0.25) is 0 Å². The van der Waals surface area contributed by atoms with E-state index in [1.54, 1.807) is 7.11 Å². The molecule has 1 aromatic heterocycles. The molecule has 1 heterocycles. The summed E-state index contributed by atoms with van der Waals surface area (Å²) >= 11 is 0. The number of Topliss-reactive ketones (excluding diaryl/α,β-unsaturated/α-hetero) is 1. The van der Waals surface area contributed by atoms with E-state index < -0.39 is 0 Å². The third-order valence-corrected chi connectivity index (χ3v) is 3.49. The monoisotopic (exact) mass is 274 g/mol. The van der Waals surface area contributed by atoms with Crippen molar-refractivity contribution in [3.05, 3.63) is 29.5 Å². The minimum atomic E-state index is 0.112. The fraction of sp³-hybridized carbons (Fsp3) is 0.438. The van der Waals surface area contributed by atoms with Crippen molar-refractivity contribution in [2.24, 2.45) is 7.05 Å². The van der Waals surface area contributed by atoms with Crippen LogP contribution in [0.3, 0.4) is 0 Å². The standard InChI is InChI=1S/C16H22N2O2/c1-10(2)17-8-13(19)12-9-18(4)16-14(20-5)7-6-11(3)15(12)16/h6-7,9-10,17H,8H2,1-5H3. The topological polar surface area (TPSA) is 43.3 Å². The van der Waals surface area contributed by atoms with Gasteiger partial charge >= 0.3 is 0 Å². The van der Waals surface area contributed by atoms with Crippen molar-refractivity contribution in [3.8, 4) is 5.75 Å². The maximum atomic E-state index is 12.4. The maximum Gasteiger partial charge on any atom is 0.178 e. The summed E-state index contributed by atoms with van der Waals surface area (Å²) in [4.78, 5) is 12.4. The third-order valence-electron chi connectivity index (χ3n) is 3.49. The summed E-state index contributed by atoms with van der Waals surface area (Å²) in [6, 6.07) is 4.23. The Morgan fingerprint density at radius 2 is 2.10 bits per heavy atom. The van der Waals surface area contributed by atoms with E-state index in [1.807, 2.05) is 50.7 Å². The van der Waals surface area contributed by atoms with Crippen LogP contribution in [0.4, 0.5) is 0 Å². The van der Waals surface area contributed by atoms with Gasteiger partial charge in [0.25, 0.3) is 0 Å². The number of carbonyl (C=O) groups is 1. The lowest BCUT2D eigenvalue weighted by Crippen LogP contribution is -2.29. The van der Waals surface area contributed by atoms with Crippen molar-refractivity contribution < 1.29 is 9.53 Å². The van der Waals surface area contributed by atoms with Gasteiger partial charge in [-0.3, -0.25) is 4.79 Å². The van der Waals surface area contributed by atoms with E-state index in [4.69, 9.17) is 4.74 Å². The SMILES string of the molecule is COc1ccc(C)c2c(C(=O)CNC(C)C)cn(C)c12. The lowest BCUT2D eigenvalue weighted by molar-refractivity contribution is 0.0990. The molecule has 0 bridgehead atoms. The minimum absolute atomic E-state index is 0.112. The highest BCUT2D eigenvalue weighted by molar-refractivity contribution is 6.11. The zero-order valence-corrected chi connectivity index (χ0v) is 12.8. The Morgan fingerprint density at radius 1 is 1.40 bits per heavy atom. The highest BCUT2D eigenvalue weighted by Gasteiger charge is 2.18. The van der Waals surface area contributed by atoms with E-state index in [9.17, 15) is 4.79 Å². The smallest absolute Gasteiger partial charge is 0.178 e. The molecule has 0 spiro atoms. The molecule has 2 aromatic rings. The number of nitrogens with one attached hydrogen (secondary N) is 1. The number of aromatic nitrogens is 1. The average Bonchev–Trinajstić information content (AvgIpc) is 2.76. The average molecular weight is 274 g/mol. The second-order valence-electron chi connectivity index (χ2n) is 5.42. The molecule has 0 saturated carbocycles. The molecule has 0 aliphatic carbocycles. The fourth-order valence-electron chi connectivity index (χ4n) is 2.45. The summed E-state index contributed by atoms with van der Waals surface area (Å²) in [5, 5.41) is 4.16. The van der Waals surface area contributed by atoms with Crippen LogP contribution in [-0.2, 0) is 7.05 Å². The molecule has 4 nitrogen and oxygen atoms in total. The maximum absolute atomic E-state index is 12.4. The van der Waals surface area contributed by atoms with Gasteiger partial charge in [-0.2, -0.15) is 0 Å². The van der Waals surface area contributed by atoms with Crippen molar-refractivity contribution in [2.75, 3.05) is 13.7 Å². The first kappa shape index (κ1) is 14.6. The quantitative estimate of drug-likeness (QED) is 0.852. The molecule has 0 aliphatic rings. The molecule has 2 rings (SSSR count). The van der Waals surface area contributed by atoms with Gasteiger partial charge in [-0.1, -0.05) is 19.9 Å². The van der Waals surface area contributed by atoms with Crippen molar-refractivity contribution >= 4 is 16.7 Å². The predicted molar refractivity (Wildman–Crippen MR) is 81.7 cm³/mol. The van der Waals surface area contributed by atoms with E-state index in [0.717, 1.165) is 27.8 Å². The van der Waals surface area contributed by atoms with E-state index in [1.165, 1.54) is 0 Å². The molecule has 4 heteroatoms. The number of methoxy groups -OCH3 is 1. The Kier molecular flexibility index (Phi) is 4.14. The first-order valence-electron chi connectivity index (χ1n) is 6.85. The molecule has 0 saturated heterocycles. The van der Waals surface area contributed by atoms with Gasteiger partial charge in [0.2, 0.25) is 0 Å². The highest BCUT2D eigenvalue weighted by Crippen LogP contribution is 2.32. The Bertz CT molecular complexity index is 641. The molecular weight excluding hydrogens is 252 g/mol. The molecule has 1 N–H and O–H groups in total. The number of aryl methyl sites for hydroxylation is 2. The largest absolute Gasteiger partial charge is 0.495 e. The minimum Gasteiger partial charge on any atom is -0.495 e. The van der Waals surface area contributed by atoms with Gasteiger partial charge in [-0.05, 0) is 18.6 Å². The van der Waals surface area contributed by atoms with Crippen LogP contribution in [0.1, 0.15) is 29.8 Å². The first-order chi connectivity index (χ1) is 9.45. The van der Waals surface area contributed by atoms with Gasteiger partial charge in [-0.25, -0.2) is 0 Å². The van der Waals surface area contributed by atoms with Crippen molar-refractivity contribution in [3.63, 3.8) is 0 Å². The number of benzene rings is 1. The number of hydrogen-bond acceptors (Lipinski definition) is 3. The van der Waals surface area contributed by atoms with Crippen LogP contribution in [0.25, 0.3) is 10.9 Å². The molecule has 0 unspecified atom stereocenters. The number of fused-ring (bicyclic) bond motifs is 1. The summed E-state index contributed by atoms with van der Waals surface area (Å²) in [7, 11) is 3.59. The Morgan fingerprint density at radius 3 is 2.70 bits per heavy atom. The summed E-state index contributed by atoms with van der Waals surface area (Å²) < 4.78 is 7.37.